The van der Waals surface area contributed by atoms with Crippen molar-refractivity contribution in [3.8, 4) is 0 Å². The molecule has 1 aromatic rings. The van der Waals surface area contributed by atoms with Gasteiger partial charge in [-0.15, -0.1) is 0 Å². The Bertz CT molecular complexity index is 1090. The van der Waals surface area contributed by atoms with E-state index in [0.717, 1.165) is 6.42 Å². The average molecular weight is 578 g/mol. The minimum atomic E-state index is -4.90. The Labute approximate surface area is 230 Å². The number of nitrogens with two attached hydrogens (primary N) is 1. The molecule has 2 saturated heterocycles. The fraction of sp³-hybridized carbons (Fsp3) is 0.520. The van der Waals surface area contributed by atoms with E-state index in [1.165, 1.54) is 17.9 Å². The number of likely N-dealkylation sites (tertiary alicyclic amines) is 1. The number of alkyl halides is 3. The SMILES string of the molecule is C=C(Nc1ccc(Cl)c(Cl)c1)/C(C)=C(\N=C(/N)C(F)(F)F)C(=O)N1CCC(N[C@H]2CCOC[C@H]2OC)CC1. The highest BCUT2D eigenvalue weighted by atomic mass is 35.5. The molecule has 0 saturated carbocycles. The van der Waals surface area contributed by atoms with Gasteiger partial charge < -0.3 is 30.7 Å². The van der Waals surface area contributed by atoms with Gasteiger partial charge in [-0.2, -0.15) is 13.2 Å². The van der Waals surface area contributed by atoms with E-state index < -0.39 is 23.6 Å². The van der Waals surface area contributed by atoms with Crippen LogP contribution in [0.5, 0.6) is 0 Å². The number of benzene rings is 1. The van der Waals surface area contributed by atoms with E-state index >= 15 is 0 Å². The molecule has 2 heterocycles. The summed E-state index contributed by atoms with van der Waals surface area (Å²) >= 11 is 12.0. The van der Waals surface area contributed by atoms with Crippen molar-refractivity contribution in [1.29, 1.82) is 0 Å². The number of piperidine rings is 1. The molecule has 0 unspecified atom stereocenters. The molecule has 1 amide bonds. The molecule has 2 aliphatic rings. The lowest BCUT2D eigenvalue weighted by Crippen LogP contribution is -2.54. The maximum Gasteiger partial charge on any atom is 0.448 e. The monoisotopic (exact) mass is 577 g/mol. The van der Waals surface area contributed by atoms with E-state index in [1.54, 1.807) is 19.2 Å². The zero-order chi connectivity index (χ0) is 28.0. The molecule has 0 aliphatic carbocycles. The largest absolute Gasteiger partial charge is 0.448 e. The molecule has 0 bridgehead atoms. The third kappa shape index (κ3) is 7.86. The zero-order valence-electron chi connectivity index (χ0n) is 21.2. The Morgan fingerprint density at radius 1 is 1.24 bits per heavy atom. The summed E-state index contributed by atoms with van der Waals surface area (Å²) in [6.45, 7) is 7.15. The van der Waals surface area contributed by atoms with Crippen LogP contribution in [0, 0.1) is 0 Å². The van der Waals surface area contributed by atoms with Crippen molar-refractivity contribution in [3.63, 3.8) is 0 Å². The van der Waals surface area contributed by atoms with Gasteiger partial charge in [-0.25, -0.2) is 4.99 Å². The van der Waals surface area contributed by atoms with Gasteiger partial charge in [-0.05, 0) is 44.4 Å². The van der Waals surface area contributed by atoms with E-state index in [-0.39, 0.29) is 34.5 Å². The first-order valence-electron chi connectivity index (χ1n) is 12.1. The van der Waals surface area contributed by atoms with Gasteiger partial charge in [0.25, 0.3) is 5.91 Å². The Kier molecular flexibility index (Phi) is 10.5. The molecular weight excluding hydrogens is 546 g/mol. The summed E-state index contributed by atoms with van der Waals surface area (Å²) in [6.07, 6.45) is -2.92. The number of hydrogen-bond donors (Lipinski definition) is 3. The highest BCUT2D eigenvalue weighted by Gasteiger charge is 2.36. The number of nitrogens with one attached hydrogen (secondary N) is 2. The summed E-state index contributed by atoms with van der Waals surface area (Å²) in [7, 11) is 1.64. The Morgan fingerprint density at radius 3 is 2.53 bits per heavy atom. The summed E-state index contributed by atoms with van der Waals surface area (Å²) in [5, 5.41) is 7.12. The van der Waals surface area contributed by atoms with E-state index in [9.17, 15) is 18.0 Å². The fourth-order valence-corrected chi connectivity index (χ4v) is 4.60. The molecule has 8 nitrogen and oxygen atoms in total. The molecule has 13 heteroatoms. The normalized spacial score (nSPS) is 22.2. The van der Waals surface area contributed by atoms with Gasteiger partial charge in [-0.3, -0.25) is 4.79 Å². The summed E-state index contributed by atoms with van der Waals surface area (Å²) < 4.78 is 50.7. The lowest BCUT2D eigenvalue weighted by Gasteiger charge is -2.38. The Balaban J connectivity index is 1.76. The van der Waals surface area contributed by atoms with Crippen molar-refractivity contribution in [2.24, 2.45) is 10.7 Å². The van der Waals surface area contributed by atoms with Crippen LogP contribution in [0.25, 0.3) is 0 Å². The molecule has 0 aromatic heterocycles. The predicted octanol–water partition coefficient (Wildman–Crippen LogP) is 4.50. The molecule has 0 spiro atoms. The number of carbonyl (C=O) groups excluding carboxylic acids is 1. The molecule has 3 rings (SSSR count). The minimum Gasteiger partial charge on any atom is -0.380 e. The van der Waals surface area contributed by atoms with Gasteiger partial charge in [0, 0.05) is 55.8 Å². The molecule has 4 N–H and O–H groups in total. The van der Waals surface area contributed by atoms with E-state index in [2.05, 4.69) is 22.2 Å². The van der Waals surface area contributed by atoms with Crippen LogP contribution in [0.3, 0.4) is 0 Å². The second kappa shape index (κ2) is 13.2. The molecule has 210 valence electrons. The topological polar surface area (TPSA) is 101 Å². The molecule has 0 radical (unpaired) electrons. The van der Waals surface area contributed by atoms with Crippen LogP contribution in [-0.2, 0) is 14.3 Å². The number of aliphatic imine (C=N–C) groups is 1. The van der Waals surface area contributed by atoms with Crippen molar-refractivity contribution in [2.45, 2.75) is 50.6 Å². The maximum atomic E-state index is 13.4. The minimum absolute atomic E-state index is 0.0608. The Hall–Kier alpha value is -2.31. The van der Waals surface area contributed by atoms with E-state index in [0.29, 0.717) is 49.9 Å². The highest BCUT2D eigenvalue weighted by Crippen LogP contribution is 2.28. The average Bonchev–Trinajstić information content (AvgIpc) is 2.88. The van der Waals surface area contributed by atoms with E-state index in [4.69, 9.17) is 38.4 Å². The second-order valence-electron chi connectivity index (χ2n) is 9.18. The molecule has 1 aromatic carbocycles. The van der Waals surface area contributed by atoms with Crippen molar-refractivity contribution in [2.75, 3.05) is 38.7 Å². The smallest absolute Gasteiger partial charge is 0.380 e. The second-order valence-corrected chi connectivity index (χ2v) is 9.99. The number of carbonyl (C=O) groups is 1. The van der Waals surface area contributed by atoms with Crippen molar-refractivity contribution in [3.05, 3.63) is 51.8 Å². The predicted molar refractivity (Wildman–Crippen MR) is 142 cm³/mol. The number of halogens is 5. The third-order valence-electron chi connectivity index (χ3n) is 6.59. The van der Waals surface area contributed by atoms with Crippen LogP contribution >= 0.6 is 23.2 Å². The van der Waals surface area contributed by atoms with Gasteiger partial charge in [0.1, 0.15) is 5.70 Å². The van der Waals surface area contributed by atoms with Crippen molar-refractivity contribution < 1.29 is 27.4 Å². The number of anilines is 1. The third-order valence-corrected chi connectivity index (χ3v) is 7.33. The van der Waals surface area contributed by atoms with Crippen LogP contribution in [0.1, 0.15) is 26.2 Å². The number of amidine groups is 1. The maximum absolute atomic E-state index is 13.4. The van der Waals surface area contributed by atoms with E-state index in [1.807, 2.05) is 0 Å². The molecule has 38 heavy (non-hydrogen) atoms. The van der Waals surface area contributed by atoms with Crippen LogP contribution < -0.4 is 16.4 Å². The first kappa shape index (κ1) is 30.2. The summed E-state index contributed by atoms with van der Waals surface area (Å²) in [6, 6.07) is 4.96. The number of rotatable bonds is 8. The van der Waals surface area contributed by atoms with Crippen LogP contribution in [0.4, 0.5) is 18.9 Å². The molecule has 2 atom stereocenters. The first-order valence-corrected chi connectivity index (χ1v) is 12.9. The Morgan fingerprint density at radius 2 is 1.92 bits per heavy atom. The van der Waals surface area contributed by atoms with Gasteiger partial charge in [0.2, 0.25) is 5.84 Å². The van der Waals surface area contributed by atoms with Gasteiger partial charge in [-0.1, -0.05) is 29.8 Å². The summed E-state index contributed by atoms with van der Waals surface area (Å²) in [4.78, 5) is 18.4. The van der Waals surface area contributed by atoms with Gasteiger partial charge in [0.15, 0.2) is 0 Å². The highest BCUT2D eigenvalue weighted by molar-refractivity contribution is 6.42. The number of hydrogen-bond acceptors (Lipinski definition) is 6. The standard InChI is InChI=1S/C25H32Cl2F3N5O3/c1-14(15(2)32-17-4-5-18(26)19(27)12-17)22(34-24(31)25(28,29)30)23(36)35-9-6-16(7-10-35)33-20-8-11-38-13-21(20)37-3/h4-5,12,16,20-21,32-33H,2,6-11,13H2,1,3H3,(H2,31,34)/b22-14-/t20-,21+/m0/s1. The fourth-order valence-electron chi connectivity index (χ4n) is 4.30. The summed E-state index contributed by atoms with van der Waals surface area (Å²) in [5.74, 6) is -2.28. The molecule has 2 aliphatic heterocycles. The molecule has 2 fully saturated rings. The van der Waals surface area contributed by atoms with Crippen LogP contribution in [0.2, 0.25) is 10.0 Å². The van der Waals surface area contributed by atoms with Crippen LogP contribution in [0.15, 0.2) is 46.7 Å². The summed E-state index contributed by atoms with van der Waals surface area (Å²) in [5.41, 5.74) is 5.52. The quantitative estimate of drug-likeness (QED) is 0.182. The van der Waals surface area contributed by atoms with Gasteiger partial charge in [0.05, 0.1) is 22.8 Å². The lowest BCUT2D eigenvalue weighted by atomic mass is 9.99. The molecular formula is C25H32Cl2F3N5O3. The van der Waals surface area contributed by atoms with Crippen LogP contribution in [-0.4, -0.2) is 74.4 Å². The lowest BCUT2D eigenvalue weighted by molar-refractivity contribution is -0.128. The number of nitrogens with zero attached hydrogens (tertiary/aromatic N) is 2. The number of allylic oxidation sites excluding steroid dienone is 1. The van der Waals surface area contributed by atoms with Gasteiger partial charge >= 0.3 is 6.18 Å². The van der Waals surface area contributed by atoms with Crippen molar-refractivity contribution in [1.82, 2.24) is 10.2 Å². The van der Waals surface area contributed by atoms with Crippen molar-refractivity contribution >= 4 is 40.6 Å². The number of amides is 1. The zero-order valence-corrected chi connectivity index (χ0v) is 22.7. The number of methoxy groups -OCH3 is 1. The first-order chi connectivity index (χ1) is 17.9. The number of ether oxygens (including phenoxy) is 2.